The summed E-state index contributed by atoms with van der Waals surface area (Å²) in [4.78, 5) is 14.0. The summed E-state index contributed by atoms with van der Waals surface area (Å²) in [5.74, 6) is 0.368. The summed E-state index contributed by atoms with van der Waals surface area (Å²) in [7, 11) is 1.93. The van der Waals surface area contributed by atoms with Crippen molar-refractivity contribution in [3.05, 3.63) is 0 Å². The molecule has 2 fully saturated rings. The number of hydrogen-bond acceptors (Lipinski definition) is 3. The average molecular weight is 212 g/mol. The van der Waals surface area contributed by atoms with E-state index in [-0.39, 0.29) is 11.8 Å². The Bertz CT molecular complexity index is 221. The molecule has 1 amide bonds. The minimum atomic E-state index is 0.101. The molecule has 0 spiro atoms. The third kappa shape index (κ3) is 2.49. The van der Waals surface area contributed by atoms with Crippen LogP contribution in [0.25, 0.3) is 0 Å². The molecule has 4 heteroatoms. The Morgan fingerprint density at radius 2 is 2.33 bits per heavy atom. The smallest absolute Gasteiger partial charge is 0.228 e. The van der Waals surface area contributed by atoms with Crippen molar-refractivity contribution in [3.8, 4) is 0 Å². The number of hydrogen-bond donors (Lipinski definition) is 1. The first-order valence-corrected chi connectivity index (χ1v) is 5.84. The summed E-state index contributed by atoms with van der Waals surface area (Å²) >= 11 is 0. The summed E-state index contributed by atoms with van der Waals surface area (Å²) in [5.41, 5.74) is 0. The summed E-state index contributed by atoms with van der Waals surface area (Å²) in [5, 5.41) is 3.29. The molecule has 0 aliphatic carbocycles. The van der Waals surface area contributed by atoms with E-state index >= 15 is 0 Å². The Kier molecular flexibility index (Phi) is 3.59. The van der Waals surface area contributed by atoms with Gasteiger partial charge in [0.1, 0.15) is 0 Å². The monoisotopic (exact) mass is 212 g/mol. The topological polar surface area (TPSA) is 41.6 Å². The van der Waals surface area contributed by atoms with Crippen LogP contribution in [0.2, 0.25) is 0 Å². The number of ether oxygens (including phenoxy) is 1. The first kappa shape index (κ1) is 10.9. The molecule has 0 aromatic rings. The van der Waals surface area contributed by atoms with Crippen LogP contribution in [0.15, 0.2) is 0 Å². The highest BCUT2D eigenvalue weighted by molar-refractivity contribution is 5.79. The molecule has 2 atom stereocenters. The van der Waals surface area contributed by atoms with E-state index in [1.165, 1.54) is 0 Å². The summed E-state index contributed by atoms with van der Waals surface area (Å²) < 4.78 is 5.35. The van der Waals surface area contributed by atoms with Gasteiger partial charge in [-0.2, -0.15) is 0 Å². The van der Waals surface area contributed by atoms with E-state index in [4.69, 9.17) is 4.74 Å². The number of carbonyl (C=O) groups excluding carboxylic acids is 1. The Labute approximate surface area is 91.0 Å². The second-order valence-electron chi connectivity index (χ2n) is 4.51. The highest BCUT2D eigenvalue weighted by atomic mass is 16.5. The Hall–Kier alpha value is -0.610. The van der Waals surface area contributed by atoms with Gasteiger partial charge < -0.3 is 15.0 Å². The van der Waals surface area contributed by atoms with Gasteiger partial charge in [-0.25, -0.2) is 0 Å². The van der Waals surface area contributed by atoms with Gasteiger partial charge in [-0.3, -0.25) is 4.79 Å². The maximum absolute atomic E-state index is 12.1. The lowest BCUT2D eigenvalue weighted by Crippen LogP contribution is -2.43. The van der Waals surface area contributed by atoms with E-state index in [1.54, 1.807) is 0 Å². The Morgan fingerprint density at radius 1 is 1.47 bits per heavy atom. The second kappa shape index (κ2) is 4.94. The fourth-order valence-electron chi connectivity index (χ4n) is 2.37. The van der Waals surface area contributed by atoms with Crippen molar-refractivity contribution in [2.75, 3.05) is 33.4 Å². The third-order valence-corrected chi connectivity index (χ3v) is 3.44. The molecule has 15 heavy (non-hydrogen) atoms. The van der Waals surface area contributed by atoms with Crippen molar-refractivity contribution in [1.82, 2.24) is 10.2 Å². The quantitative estimate of drug-likeness (QED) is 0.712. The van der Waals surface area contributed by atoms with Crippen molar-refractivity contribution in [1.29, 1.82) is 0 Å². The maximum atomic E-state index is 12.1. The van der Waals surface area contributed by atoms with Gasteiger partial charge in [0.05, 0.1) is 12.5 Å². The van der Waals surface area contributed by atoms with Crippen molar-refractivity contribution < 1.29 is 9.53 Å². The number of amides is 1. The average Bonchev–Trinajstić information content (AvgIpc) is 2.82. The molecule has 2 rings (SSSR count). The number of nitrogens with zero attached hydrogens (tertiary/aromatic N) is 1. The predicted molar refractivity (Wildman–Crippen MR) is 57.6 cm³/mol. The van der Waals surface area contributed by atoms with Crippen LogP contribution in [0.4, 0.5) is 0 Å². The number of carbonyl (C=O) groups is 1. The lowest BCUT2D eigenvalue weighted by Gasteiger charge is -2.30. The van der Waals surface area contributed by atoms with Crippen molar-refractivity contribution in [3.63, 3.8) is 0 Å². The van der Waals surface area contributed by atoms with Crippen LogP contribution in [0, 0.1) is 5.92 Å². The molecule has 0 aromatic heterocycles. The van der Waals surface area contributed by atoms with E-state index in [9.17, 15) is 4.79 Å². The van der Waals surface area contributed by atoms with E-state index in [2.05, 4.69) is 5.32 Å². The normalized spacial score (nSPS) is 31.5. The zero-order valence-electron chi connectivity index (χ0n) is 9.37. The van der Waals surface area contributed by atoms with Crippen LogP contribution in [0.3, 0.4) is 0 Å². The minimum Gasteiger partial charge on any atom is -0.381 e. The SMILES string of the molecule is CN(C(=O)C1CCCOC1)[C@@H]1CCNC1. The third-order valence-electron chi connectivity index (χ3n) is 3.44. The van der Waals surface area contributed by atoms with E-state index in [0.717, 1.165) is 39.0 Å². The van der Waals surface area contributed by atoms with Crippen molar-refractivity contribution in [2.45, 2.75) is 25.3 Å². The molecule has 0 saturated carbocycles. The largest absolute Gasteiger partial charge is 0.381 e. The molecule has 2 heterocycles. The van der Waals surface area contributed by atoms with Gasteiger partial charge in [0, 0.05) is 26.2 Å². The molecule has 0 radical (unpaired) electrons. The van der Waals surface area contributed by atoms with Gasteiger partial charge in [-0.1, -0.05) is 0 Å². The number of rotatable bonds is 2. The maximum Gasteiger partial charge on any atom is 0.228 e. The molecule has 0 bridgehead atoms. The van der Waals surface area contributed by atoms with Crippen LogP contribution in [0.5, 0.6) is 0 Å². The number of likely N-dealkylation sites (N-methyl/N-ethyl adjacent to an activating group) is 1. The molecular weight excluding hydrogens is 192 g/mol. The first-order chi connectivity index (χ1) is 7.29. The molecule has 4 nitrogen and oxygen atoms in total. The van der Waals surface area contributed by atoms with Crippen molar-refractivity contribution in [2.24, 2.45) is 5.92 Å². The first-order valence-electron chi connectivity index (χ1n) is 5.84. The summed E-state index contributed by atoms with van der Waals surface area (Å²) in [6.07, 6.45) is 3.09. The van der Waals surface area contributed by atoms with E-state index in [1.807, 2.05) is 11.9 Å². The number of nitrogens with one attached hydrogen (secondary N) is 1. The van der Waals surface area contributed by atoms with Gasteiger partial charge in [0.2, 0.25) is 5.91 Å². The standard InChI is InChI=1S/C11H20N2O2/c1-13(10-4-5-12-7-10)11(14)9-3-2-6-15-8-9/h9-10,12H,2-8H2,1H3/t9?,10-/m1/s1. The molecule has 0 aromatic carbocycles. The molecule has 86 valence electrons. The minimum absolute atomic E-state index is 0.101. The van der Waals surface area contributed by atoms with Crippen LogP contribution < -0.4 is 5.32 Å². The highest BCUT2D eigenvalue weighted by Gasteiger charge is 2.29. The second-order valence-corrected chi connectivity index (χ2v) is 4.51. The lowest BCUT2D eigenvalue weighted by molar-refractivity contribution is -0.140. The molecule has 1 unspecified atom stereocenters. The van der Waals surface area contributed by atoms with Gasteiger partial charge in [-0.05, 0) is 25.8 Å². The van der Waals surface area contributed by atoms with Crippen LogP contribution in [0.1, 0.15) is 19.3 Å². The van der Waals surface area contributed by atoms with Gasteiger partial charge >= 0.3 is 0 Å². The van der Waals surface area contributed by atoms with Gasteiger partial charge in [-0.15, -0.1) is 0 Å². The van der Waals surface area contributed by atoms with Crippen LogP contribution in [-0.4, -0.2) is 50.2 Å². The Balaban J connectivity index is 1.87. The van der Waals surface area contributed by atoms with Gasteiger partial charge in [0.15, 0.2) is 0 Å². The molecule has 1 N–H and O–H groups in total. The molecule has 2 saturated heterocycles. The molecular formula is C11H20N2O2. The predicted octanol–water partition coefficient (Wildman–Crippen LogP) is 0.233. The van der Waals surface area contributed by atoms with Crippen LogP contribution >= 0.6 is 0 Å². The van der Waals surface area contributed by atoms with Crippen molar-refractivity contribution >= 4 is 5.91 Å². The summed E-state index contributed by atoms with van der Waals surface area (Å²) in [6.45, 7) is 3.40. The lowest BCUT2D eigenvalue weighted by atomic mass is 10.00. The van der Waals surface area contributed by atoms with E-state index in [0.29, 0.717) is 12.6 Å². The fourth-order valence-corrected chi connectivity index (χ4v) is 2.37. The highest BCUT2D eigenvalue weighted by Crippen LogP contribution is 2.18. The zero-order valence-corrected chi connectivity index (χ0v) is 9.37. The zero-order chi connectivity index (χ0) is 10.7. The Morgan fingerprint density at radius 3 is 2.93 bits per heavy atom. The van der Waals surface area contributed by atoms with Crippen LogP contribution in [-0.2, 0) is 9.53 Å². The van der Waals surface area contributed by atoms with E-state index < -0.39 is 0 Å². The molecule has 2 aliphatic rings. The molecule has 2 aliphatic heterocycles. The summed E-state index contributed by atoms with van der Waals surface area (Å²) in [6, 6.07) is 0.388. The fraction of sp³-hybridized carbons (Fsp3) is 0.909. The van der Waals surface area contributed by atoms with Gasteiger partial charge in [0.25, 0.3) is 0 Å².